The molecule has 9 amide bonds. The molecule has 0 aromatic carbocycles. The van der Waals surface area contributed by atoms with Gasteiger partial charge in [-0.2, -0.15) is 26.3 Å². The number of Topliss-reactive ketones (excluding diaryl/α,β-unsaturated/α-hetero) is 6. The predicted octanol–water partition coefficient (Wildman–Crippen LogP) is 3.78. The molecule has 16 N–H and O–H groups in total. The van der Waals surface area contributed by atoms with Crippen LogP contribution >= 0.6 is 0 Å². The number of aliphatic carboxylic acids is 2. The lowest BCUT2D eigenvalue weighted by atomic mass is 9.76. The lowest BCUT2D eigenvalue weighted by Gasteiger charge is -2.29. The number of nitrogens with one attached hydrogen (secondary N) is 7. The molecule has 1 fully saturated rings. The molecular weight excluding hydrogens is 1720 g/mol. The predicted molar refractivity (Wildman–Crippen MR) is 446 cm³/mol. The number of hydroxylamine groups is 2. The maximum atomic E-state index is 12.7. The average molecular weight is 1860 g/mol. The van der Waals surface area contributed by atoms with Crippen LogP contribution in [0.3, 0.4) is 0 Å². The van der Waals surface area contributed by atoms with Gasteiger partial charge in [-0.05, 0) is 139 Å². The van der Waals surface area contributed by atoms with Crippen molar-refractivity contribution in [2.75, 3.05) is 72.1 Å². The first kappa shape index (κ1) is 130. The van der Waals surface area contributed by atoms with Gasteiger partial charge in [0.15, 0.2) is 34.7 Å². The number of esters is 4. The van der Waals surface area contributed by atoms with E-state index in [1.165, 1.54) is 0 Å². The summed E-state index contributed by atoms with van der Waals surface area (Å²) < 4.78 is 84.1. The number of carboxylic acids is 2. The summed E-state index contributed by atoms with van der Waals surface area (Å²) >= 11 is 0. The molecule has 1 aliphatic heterocycles. The third-order valence-electron chi connectivity index (χ3n) is 15.5. The molecule has 128 heavy (non-hydrogen) atoms. The van der Waals surface area contributed by atoms with Crippen LogP contribution in [0.25, 0.3) is 0 Å². The number of carboxylic acid groups (broad SMARTS) is 2. The number of nitrogens with two attached hydrogens (primary N) is 3. The van der Waals surface area contributed by atoms with Crippen molar-refractivity contribution < 1.29 is 171 Å². The topological polar surface area (TPSA) is 648 Å². The largest absolute Gasteiger partial charge is 0.490 e. The van der Waals surface area contributed by atoms with Crippen molar-refractivity contribution in [2.45, 2.75) is 301 Å². The Balaban J connectivity index is -0.000000329. The van der Waals surface area contributed by atoms with Gasteiger partial charge in [0.2, 0.25) is 41.4 Å². The second-order valence-electron chi connectivity index (χ2n) is 32.2. The number of imide groups is 1. The number of aliphatic hydroxyl groups excluding tert-OH is 1. The summed E-state index contributed by atoms with van der Waals surface area (Å²) in [5.41, 5.74) is 11.7. The molecule has 41 nitrogen and oxygen atoms in total. The van der Waals surface area contributed by atoms with Crippen LogP contribution in [0.4, 0.5) is 26.3 Å². The summed E-state index contributed by atoms with van der Waals surface area (Å²) in [4.78, 5) is 260. The molecule has 738 valence electrons. The number of aliphatic hydroxyl groups is 1. The normalized spacial score (nSPS) is 11.7. The Morgan fingerprint density at radius 1 is 0.320 bits per heavy atom. The fourth-order valence-corrected chi connectivity index (χ4v) is 9.08. The van der Waals surface area contributed by atoms with E-state index in [9.17, 15) is 122 Å². The first-order valence-corrected chi connectivity index (χ1v) is 40.3. The average Bonchev–Trinajstić information content (AvgIpc) is 1.68. The van der Waals surface area contributed by atoms with E-state index in [2.05, 4.69) is 42.1 Å². The molecule has 0 atom stereocenters. The van der Waals surface area contributed by atoms with E-state index in [1.54, 1.807) is 90.0 Å². The SMILES string of the molecule is C.CC.CC(C)(C)OC(=O)CCC(=O)NCC(=O)ON1C(=O)CCC1=O.CC(CCC(=O)CNC(=O)CCC(=O)OC(C)(C)C)(CCC(=O)CNC(=O)CCC(=O)OC(C)(C)C)CCC(=O)CNC(=O)CCC(=O)OC(C)(C)C.CC(CCC(=O)CNC(=O)CN)(CCC(=O)CNC(=O)CN)CCC(=O)CNC(=O)CN.CCO.O=C(O)C(F)(F)F.O=C(O)C(F)(F)F. The number of ketones is 6. The monoisotopic (exact) mass is 1860 g/mol. The van der Waals surface area contributed by atoms with E-state index in [0.717, 1.165) is 0 Å². The van der Waals surface area contributed by atoms with Gasteiger partial charge in [-0.3, -0.25) is 91.1 Å². The number of hydrogen-bond acceptors (Lipinski definition) is 31. The second-order valence-corrected chi connectivity index (χ2v) is 32.2. The van der Waals surface area contributed by atoms with E-state index in [1.807, 2.05) is 27.7 Å². The van der Waals surface area contributed by atoms with Crippen LogP contribution in [0.15, 0.2) is 0 Å². The lowest BCUT2D eigenvalue weighted by molar-refractivity contribution is -0.196. The van der Waals surface area contributed by atoms with Crippen LogP contribution in [-0.2, 0) is 129 Å². The van der Waals surface area contributed by atoms with E-state index >= 15 is 0 Å². The first-order chi connectivity index (χ1) is 58.1. The summed E-state index contributed by atoms with van der Waals surface area (Å²) in [6.07, 6.45) is -8.67. The van der Waals surface area contributed by atoms with Crippen LogP contribution in [-0.4, -0.2) is 257 Å². The first-order valence-electron chi connectivity index (χ1n) is 40.3. The maximum absolute atomic E-state index is 12.7. The van der Waals surface area contributed by atoms with Gasteiger partial charge in [0.1, 0.15) is 28.9 Å². The summed E-state index contributed by atoms with van der Waals surface area (Å²) in [6, 6.07) is 0. The van der Waals surface area contributed by atoms with Crippen molar-refractivity contribution in [2.24, 2.45) is 28.0 Å². The number of carbonyl (C=O) groups excluding carboxylic acids is 20. The van der Waals surface area contributed by atoms with E-state index in [4.69, 9.17) is 61.1 Å². The smallest absolute Gasteiger partial charge is 0.475 e. The molecule has 0 aromatic heterocycles. The molecule has 0 radical (unpaired) electrons. The van der Waals surface area contributed by atoms with Crippen LogP contribution < -0.4 is 54.4 Å². The molecule has 0 aliphatic carbocycles. The van der Waals surface area contributed by atoms with E-state index in [-0.39, 0.29) is 230 Å². The van der Waals surface area contributed by atoms with Gasteiger partial charge in [0.25, 0.3) is 11.8 Å². The fraction of sp³-hybridized carbons (Fsp3) is 0.728. The maximum Gasteiger partial charge on any atom is 0.490 e. The fourth-order valence-electron chi connectivity index (χ4n) is 9.08. The summed E-state index contributed by atoms with van der Waals surface area (Å²) in [7, 11) is 0. The molecule has 0 spiro atoms. The highest BCUT2D eigenvalue weighted by Gasteiger charge is 2.40. The Hall–Kier alpha value is -10.8. The van der Waals surface area contributed by atoms with Gasteiger partial charge < -0.3 is 93.5 Å². The Kier molecular flexibility index (Phi) is 68.6. The molecule has 0 saturated carbocycles. The molecule has 0 bridgehead atoms. The zero-order chi connectivity index (χ0) is 100. The van der Waals surface area contributed by atoms with Crippen molar-refractivity contribution in [1.82, 2.24) is 42.3 Å². The zero-order valence-electron chi connectivity index (χ0n) is 75.6. The Morgan fingerprint density at radius 3 is 0.641 bits per heavy atom. The lowest BCUT2D eigenvalue weighted by Crippen LogP contribution is -2.37. The van der Waals surface area contributed by atoms with Crippen molar-refractivity contribution in [3.8, 4) is 0 Å². The van der Waals surface area contributed by atoms with Gasteiger partial charge in [-0.15, -0.1) is 5.06 Å². The van der Waals surface area contributed by atoms with E-state index in [0.29, 0.717) is 24.3 Å². The molecule has 47 heteroatoms. The minimum atomic E-state index is -5.08. The number of alkyl halides is 6. The van der Waals surface area contributed by atoms with Crippen LogP contribution in [0.5, 0.6) is 0 Å². The van der Waals surface area contributed by atoms with Crippen LogP contribution in [0, 0.1) is 10.8 Å². The van der Waals surface area contributed by atoms with Gasteiger partial charge in [-0.25, -0.2) is 14.4 Å². The Labute approximate surface area is 741 Å². The highest BCUT2D eigenvalue weighted by Crippen LogP contribution is 2.36. The van der Waals surface area contributed by atoms with Gasteiger partial charge in [-0.1, -0.05) is 35.1 Å². The van der Waals surface area contributed by atoms with Gasteiger partial charge in [0.05, 0.1) is 84.6 Å². The summed E-state index contributed by atoms with van der Waals surface area (Å²) in [5, 5.41) is 39.2. The van der Waals surface area contributed by atoms with Crippen LogP contribution in [0.1, 0.15) is 266 Å². The number of ether oxygens (including phenoxy) is 4. The summed E-state index contributed by atoms with van der Waals surface area (Å²) in [6.45, 7) is 27.9. The number of carbonyl (C=O) groups is 22. The number of rotatable bonds is 48. The molecule has 0 unspecified atom stereocenters. The van der Waals surface area contributed by atoms with Crippen molar-refractivity contribution in [3.05, 3.63) is 0 Å². The third-order valence-corrected chi connectivity index (χ3v) is 15.5. The number of hydrogen-bond donors (Lipinski definition) is 13. The van der Waals surface area contributed by atoms with Crippen molar-refractivity contribution >= 4 is 130 Å². The molecule has 0 aromatic rings. The summed E-state index contributed by atoms with van der Waals surface area (Å²) in [5.74, 6) is -14.5. The van der Waals surface area contributed by atoms with E-state index < -0.39 is 147 Å². The Morgan fingerprint density at radius 2 is 0.484 bits per heavy atom. The molecular formula is C81H137F6N11O30. The molecule has 1 rings (SSSR count). The molecule has 1 saturated heterocycles. The second kappa shape index (κ2) is 67.4. The van der Waals surface area contributed by atoms with Crippen molar-refractivity contribution in [3.63, 3.8) is 0 Å². The van der Waals surface area contributed by atoms with Crippen LogP contribution in [0.2, 0.25) is 0 Å². The number of amides is 9. The standard InChI is InChI=1S/C38H63N3O12.C20H36N6O6.C14H20N2O7.2C2HF3O2.C2H6O.C2H6.CH4/c1-35(2,3)51-32(48)14-11-29(45)39-23-26(42)17-20-38(10,21-18-27(43)24-40-30(46)12-15-33(49)52-36(4,5)6)22-19-28(44)25-41-31(47)13-16-34(50)53-37(7,8)9;1-20(5-2-14(27)11-24-17(30)8-21,6-3-15(28)12-25-18(31)9-22)7-4-16(29)13-26-19(32)10-23;1-14(2,3)22-12(20)7-4-9(17)15-8-13(21)23-16-10(18)5-6-11(16)19;2*3-2(4,5)1(6)7;1-2-3;1-2;/h11-25H2,1-10H3,(H,39,45)(H,40,46)(H,41,47);2-13,21-23H2,1H3,(H,24,30)(H,25,31)(H,26,32);4-8H2,1-3H3,(H,15,17);2*(H,6,7);3H,2H2,1H3;1-2H3;1H4. The molecule has 1 heterocycles. The number of halogens is 6. The quantitative estimate of drug-likeness (QED) is 0.0178. The highest BCUT2D eigenvalue weighted by molar-refractivity contribution is 6.02. The zero-order valence-corrected chi connectivity index (χ0v) is 75.6. The van der Waals surface area contributed by atoms with Gasteiger partial charge >= 0.3 is 54.1 Å². The minimum Gasteiger partial charge on any atom is -0.475 e. The van der Waals surface area contributed by atoms with Gasteiger partial charge in [0, 0.05) is 83.7 Å². The molecule has 1 aliphatic rings. The highest BCUT2D eigenvalue weighted by atomic mass is 19.4. The Bertz CT molecular complexity index is 3320. The number of nitrogens with zero attached hydrogens (tertiary/aromatic N) is 1. The third kappa shape index (κ3) is 82.2. The minimum absolute atomic E-state index is 0. The van der Waals surface area contributed by atoms with Crippen molar-refractivity contribution in [1.29, 1.82) is 0 Å².